The van der Waals surface area contributed by atoms with E-state index in [1.54, 1.807) is 35.6 Å². The van der Waals surface area contributed by atoms with Gasteiger partial charge in [-0.15, -0.1) is 21.5 Å². The van der Waals surface area contributed by atoms with E-state index in [1.165, 1.54) is 28.0 Å². The lowest BCUT2D eigenvalue weighted by atomic mass is 10.2. The first-order valence-corrected chi connectivity index (χ1v) is 11.2. The number of thiophene rings is 1. The van der Waals surface area contributed by atoms with Crippen LogP contribution in [0.25, 0.3) is 0 Å². The molecule has 0 fully saturated rings. The van der Waals surface area contributed by atoms with Crippen LogP contribution in [0.1, 0.15) is 15.2 Å². The zero-order valence-electron chi connectivity index (χ0n) is 14.5. The van der Waals surface area contributed by atoms with Crippen LogP contribution in [0, 0.1) is 0 Å². The second-order valence-electron chi connectivity index (χ2n) is 5.40. The van der Waals surface area contributed by atoms with Crippen LogP contribution in [0.2, 0.25) is 5.02 Å². The van der Waals surface area contributed by atoms with E-state index in [-0.39, 0.29) is 11.7 Å². The molecule has 0 atom stereocenters. The Kier molecular flexibility index (Phi) is 7.66. The Hall–Kier alpha value is -2.14. The number of rotatable bonds is 8. The van der Waals surface area contributed by atoms with Gasteiger partial charge < -0.3 is 5.32 Å². The van der Waals surface area contributed by atoms with Crippen LogP contribution >= 0.6 is 46.0 Å². The fraction of sp³-hybridized carbons (Fsp3) is 0.176. The van der Waals surface area contributed by atoms with Crippen LogP contribution in [0.15, 0.2) is 46.1 Å². The third-order valence-electron chi connectivity index (χ3n) is 3.39. The Balaban J connectivity index is 1.37. The average molecular weight is 454 g/mol. The third kappa shape index (κ3) is 6.20. The number of anilines is 1. The van der Waals surface area contributed by atoms with Crippen molar-refractivity contribution in [3.63, 3.8) is 0 Å². The normalized spacial score (nSPS) is 10.5. The minimum atomic E-state index is -0.475. The monoisotopic (exact) mass is 453 g/mol. The van der Waals surface area contributed by atoms with Gasteiger partial charge >= 0.3 is 0 Å². The van der Waals surface area contributed by atoms with E-state index in [0.29, 0.717) is 20.1 Å². The van der Waals surface area contributed by atoms with Gasteiger partial charge in [-0.2, -0.15) is 0 Å². The number of carbonyl (C=O) groups is 2. The van der Waals surface area contributed by atoms with Gasteiger partial charge in [0.2, 0.25) is 11.0 Å². The van der Waals surface area contributed by atoms with Crippen LogP contribution in [0.4, 0.5) is 5.13 Å². The van der Waals surface area contributed by atoms with E-state index in [4.69, 9.17) is 11.6 Å². The molecule has 0 aliphatic carbocycles. The van der Waals surface area contributed by atoms with Gasteiger partial charge in [0.05, 0.1) is 16.3 Å². The molecule has 0 saturated carbocycles. The molecule has 3 N–H and O–H groups in total. The zero-order valence-corrected chi connectivity index (χ0v) is 17.7. The molecule has 3 rings (SSSR count). The number of halogens is 1. The highest BCUT2D eigenvalue weighted by Crippen LogP contribution is 2.25. The second-order valence-corrected chi connectivity index (χ2v) is 9.04. The zero-order chi connectivity index (χ0) is 19.8. The number of carbonyl (C=O) groups excluding carboxylic acids is 2. The molecule has 146 valence electrons. The summed E-state index contributed by atoms with van der Waals surface area (Å²) < 4.78 is 0.672. The SMILES string of the molecule is O=C(CSc1nnc(NCCc2cccs2)s1)NNC(=O)c1ccccc1Cl. The van der Waals surface area contributed by atoms with Crippen molar-refractivity contribution in [3.8, 4) is 0 Å². The van der Waals surface area contributed by atoms with E-state index in [2.05, 4.69) is 37.8 Å². The maximum atomic E-state index is 12.0. The van der Waals surface area contributed by atoms with Gasteiger partial charge in [-0.1, -0.05) is 52.9 Å². The molecule has 1 aromatic carbocycles. The van der Waals surface area contributed by atoms with E-state index in [1.807, 2.05) is 6.07 Å². The van der Waals surface area contributed by atoms with E-state index >= 15 is 0 Å². The minimum Gasteiger partial charge on any atom is -0.360 e. The Labute approximate surface area is 178 Å². The number of benzene rings is 1. The molecule has 0 aliphatic heterocycles. The molecule has 3 aromatic rings. The summed E-state index contributed by atoms with van der Waals surface area (Å²) >= 11 is 10.3. The molecule has 0 aliphatic rings. The molecule has 0 spiro atoms. The number of hydrogen-bond donors (Lipinski definition) is 3. The van der Waals surface area contributed by atoms with Crippen molar-refractivity contribution in [2.24, 2.45) is 0 Å². The van der Waals surface area contributed by atoms with Gasteiger partial charge in [0, 0.05) is 11.4 Å². The first kappa shape index (κ1) is 20.6. The molecular weight excluding hydrogens is 438 g/mol. The summed E-state index contributed by atoms with van der Waals surface area (Å²) in [6.07, 6.45) is 0.924. The number of hydrazine groups is 1. The summed E-state index contributed by atoms with van der Waals surface area (Å²) in [5.41, 5.74) is 4.99. The van der Waals surface area contributed by atoms with Crippen molar-refractivity contribution < 1.29 is 9.59 Å². The average Bonchev–Trinajstić information content (AvgIpc) is 3.37. The number of amides is 2. The lowest BCUT2D eigenvalue weighted by Gasteiger charge is -2.07. The molecule has 28 heavy (non-hydrogen) atoms. The number of aromatic nitrogens is 2. The van der Waals surface area contributed by atoms with Crippen LogP contribution in [0.3, 0.4) is 0 Å². The summed E-state index contributed by atoms with van der Waals surface area (Å²) in [5, 5.41) is 14.4. The number of nitrogens with zero attached hydrogens (tertiary/aromatic N) is 2. The third-order valence-corrected chi connectivity index (χ3v) is 6.67. The second kappa shape index (κ2) is 10.4. The van der Waals surface area contributed by atoms with Crippen molar-refractivity contribution in [1.29, 1.82) is 0 Å². The quantitative estimate of drug-likeness (QED) is 0.357. The number of hydrogen-bond acceptors (Lipinski definition) is 8. The molecule has 0 saturated heterocycles. The summed E-state index contributed by atoms with van der Waals surface area (Å²) in [7, 11) is 0. The number of nitrogens with one attached hydrogen (secondary N) is 3. The van der Waals surface area contributed by atoms with Crippen molar-refractivity contribution in [1.82, 2.24) is 21.0 Å². The number of thioether (sulfide) groups is 1. The first-order valence-electron chi connectivity index (χ1n) is 8.18. The predicted molar refractivity (Wildman–Crippen MR) is 114 cm³/mol. The van der Waals surface area contributed by atoms with Crippen molar-refractivity contribution in [3.05, 3.63) is 57.2 Å². The maximum absolute atomic E-state index is 12.0. The molecule has 2 amide bonds. The summed E-state index contributed by atoms with van der Waals surface area (Å²) in [4.78, 5) is 25.2. The topological polar surface area (TPSA) is 96.0 Å². The Morgan fingerprint density at radius 1 is 1.11 bits per heavy atom. The van der Waals surface area contributed by atoms with Gasteiger partial charge in [0.25, 0.3) is 5.91 Å². The van der Waals surface area contributed by atoms with Crippen LogP contribution < -0.4 is 16.2 Å². The van der Waals surface area contributed by atoms with Crippen molar-refractivity contribution in [2.75, 3.05) is 17.6 Å². The lowest BCUT2D eigenvalue weighted by Crippen LogP contribution is -2.42. The highest BCUT2D eigenvalue weighted by molar-refractivity contribution is 8.01. The maximum Gasteiger partial charge on any atom is 0.271 e. The molecule has 7 nitrogen and oxygen atoms in total. The molecule has 0 bridgehead atoms. The largest absolute Gasteiger partial charge is 0.360 e. The summed E-state index contributed by atoms with van der Waals surface area (Å²) in [6, 6.07) is 10.7. The molecule has 2 heterocycles. The highest BCUT2D eigenvalue weighted by atomic mass is 35.5. The van der Waals surface area contributed by atoms with Gasteiger partial charge in [0.1, 0.15) is 0 Å². The van der Waals surface area contributed by atoms with Gasteiger partial charge in [0.15, 0.2) is 4.34 Å². The van der Waals surface area contributed by atoms with Crippen LogP contribution in [-0.4, -0.2) is 34.3 Å². The molecule has 11 heteroatoms. The predicted octanol–water partition coefficient (Wildman–Crippen LogP) is 3.46. The Morgan fingerprint density at radius 2 is 1.96 bits per heavy atom. The van der Waals surface area contributed by atoms with E-state index in [9.17, 15) is 9.59 Å². The molecular formula is C17H16ClN5O2S3. The fourth-order valence-electron chi connectivity index (χ4n) is 2.09. The van der Waals surface area contributed by atoms with E-state index in [0.717, 1.165) is 13.0 Å². The van der Waals surface area contributed by atoms with Gasteiger partial charge in [-0.05, 0) is 30.0 Å². The summed E-state index contributed by atoms with van der Waals surface area (Å²) in [6.45, 7) is 0.772. The minimum absolute atomic E-state index is 0.104. The fourth-order valence-corrected chi connectivity index (χ4v) is 4.60. The summed E-state index contributed by atoms with van der Waals surface area (Å²) in [5.74, 6) is -0.725. The molecule has 2 aromatic heterocycles. The van der Waals surface area contributed by atoms with Crippen LogP contribution in [0.5, 0.6) is 0 Å². The highest BCUT2D eigenvalue weighted by Gasteiger charge is 2.12. The van der Waals surface area contributed by atoms with Gasteiger partial charge in [-0.25, -0.2) is 0 Å². The molecule has 0 unspecified atom stereocenters. The standard InChI is InChI=1S/C17H16ClN5O2S3/c18-13-6-2-1-5-12(13)15(25)21-20-14(24)10-27-17-23-22-16(28-17)19-8-7-11-4-3-9-26-11/h1-6,9H,7-8,10H2,(H,19,22)(H,20,24)(H,21,25). The van der Waals surface area contributed by atoms with Crippen LogP contribution in [-0.2, 0) is 11.2 Å². The lowest BCUT2D eigenvalue weighted by molar-refractivity contribution is -0.119. The van der Waals surface area contributed by atoms with Crippen molar-refractivity contribution >= 4 is 63.0 Å². The van der Waals surface area contributed by atoms with E-state index < -0.39 is 5.91 Å². The Bertz CT molecular complexity index is 933. The molecule has 0 radical (unpaired) electrons. The van der Waals surface area contributed by atoms with Gasteiger partial charge in [-0.3, -0.25) is 20.4 Å². The van der Waals surface area contributed by atoms with Crippen molar-refractivity contribution in [2.45, 2.75) is 10.8 Å². The Morgan fingerprint density at radius 3 is 2.75 bits per heavy atom. The first-order chi connectivity index (χ1) is 13.6. The smallest absolute Gasteiger partial charge is 0.271 e.